The van der Waals surface area contributed by atoms with Crippen molar-refractivity contribution in [1.82, 2.24) is 20.8 Å². The SMILES string of the molecule is O=C(NNC(=O)c1csc(Br)n1)c1cccnc1. The van der Waals surface area contributed by atoms with Crippen molar-refractivity contribution in [3.63, 3.8) is 0 Å². The van der Waals surface area contributed by atoms with Crippen LogP contribution in [0.15, 0.2) is 33.8 Å². The lowest BCUT2D eigenvalue weighted by atomic mass is 10.3. The van der Waals surface area contributed by atoms with Gasteiger partial charge in [-0.15, -0.1) is 11.3 Å². The molecule has 2 aromatic heterocycles. The van der Waals surface area contributed by atoms with E-state index in [9.17, 15) is 9.59 Å². The van der Waals surface area contributed by atoms with Gasteiger partial charge >= 0.3 is 0 Å². The first kappa shape index (κ1) is 12.7. The number of pyridine rings is 1. The standard InChI is InChI=1S/C10H7BrN4O2S/c11-10-13-7(5-18-10)9(17)15-14-8(16)6-2-1-3-12-4-6/h1-5H,(H,14,16)(H,15,17). The molecular weight excluding hydrogens is 320 g/mol. The Bertz CT molecular complexity index is 572. The molecule has 2 heterocycles. The summed E-state index contributed by atoms with van der Waals surface area (Å²) in [5, 5.41) is 1.58. The van der Waals surface area contributed by atoms with Crippen molar-refractivity contribution in [3.05, 3.63) is 45.1 Å². The van der Waals surface area contributed by atoms with E-state index in [0.717, 1.165) is 0 Å². The lowest BCUT2D eigenvalue weighted by Crippen LogP contribution is -2.41. The third-order valence-corrected chi connectivity index (χ3v) is 3.29. The molecule has 2 N–H and O–H groups in total. The fourth-order valence-electron chi connectivity index (χ4n) is 1.10. The number of amides is 2. The number of hydrazine groups is 1. The van der Waals surface area contributed by atoms with Gasteiger partial charge in [0.2, 0.25) is 0 Å². The van der Waals surface area contributed by atoms with Gasteiger partial charge in [0.15, 0.2) is 3.92 Å². The topological polar surface area (TPSA) is 84.0 Å². The number of nitrogens with zero attached hydrogens (tertiary/aromatic N) is 2. The fraction of sp³-hybridized carbons (Fsp3) is 0. The van der Waals surface area contributed by atoms with E-state index >= 15 is 0 Å². The Morgan fingerprint density at radius 1 is 1.28 bits per heavy atom. The molecule has 6 nitrogen and oxygen atoms in total. The van der Waals surface area contributed by atoms with Gasteiger partial charge < -0.3 is 0 Å². The van der Waals surface area contributed by atoms with Gasteiger partial charge in [0.05, 0.1) is 5.56 Å². The number of halogens is 1. The smallest absolute Gasteiger partial charge is 0.267 e. The van der Waals surface area contributed by atoms with Crippen molar-refractivity contribution in [2.75, 3.05) is 0 Å². The maximum absolute atomic E-state index is 11.6. The third-order valence-electron chi connectivity index (χ3n) is 1.92. The van der Waals surface area contributed by atoms with E-state index in [1.54, 1.807) is 23.7 Å². The summed E-state index contributed by atoms with van der Waals surface area (Å²) in [7, 11) is 0. The Hall–Kier alpha value is -1.80. The molecule has 2 aromatic rings. The van der Waals surface area contributed by atoms with E-state index in [1.165, 1.54) is 17.5 Å². The summed E-state index contributed by atoms with van der Waals surface area (Å²) >= 11 is 4.43. The minimum atomic E-state index is -0.478. The lowest BCUT2D eigenvalue weighted by Gasteiger charge is -2.05. The zero-order valence-corrected chi connectivity index (χ0v) is 11.3. The maximum Gasteiger partial charge on any atom is 0.289 e. The molecule has 0 aliphatic rings. The normalized spacial score (nSPS) is 9.83. The number of aromatic nitrogens is 2. The summed E-state index contributed by atoms with van der Waals surface area (Å²) < 4.78 is 0.603. The van der Waals surface area contributed by atoms with Crippen LogP contribution in [-0.2, 0) is 0 Å². The minimum absolute atomic E-state index is 0.235. The molecule has 0 aliphatic heterocycles. The second-order valence-electron chi connectivity index (χ2n) is 3.14. The minimum Gasteiger partial charge on any atom is -0.267 e. The van der Waals surface area contributed by atoms with Gasteiger partial charge in [-0.2, -0.15) is 0 Å². The molecule has 0 radical (unpaired) electrons. The average molecular weight is 327 g/mol. The van der Waals surface area contributed by atoms with Gasteiger partial charge in [-0.05, 0) is 28.1 Å². The molecule has 18 heavy (non-hydrogen) atoms. The van der Waals surface area contributed by atoms with Crippen molar-refractivity contribution < 1.29 is 9.59 Å². The van der Waals surface area contributed by atoms with Crippen LogP contribution >= 0.6 is 27.3 Å². The van der Waals surface area contributed by atoms with Gasteiger partial charge in [0.1, 0.15) is 5.69 Å². The molecule has 0 bridgehead atoms. The van der Waals surface area contributed by atoms with E-state index in [4.69, 9.17) is 0 Å². The monoisotopic (exact) mass is 326 g/mol. The Morgan fingerprint density at radius 2 is 2.06 bits per heavy atom. The summed E-state index contributed by atoms with van der Waals surface area (Å²) in [4.78, 5) is 30.9. The number of hydrogen-bond acceptors (Lipinski definition) is 5. The fourth-order valence-corrected chi connectivity index (χ4v) is 2.09. The van der Waals surface area contributed by atoms with Crippen LogP contribution in [-0.4, -0.2) is 21.8 Å². The van der Waals surface area contributed by atoms with Crippen LogP contribution in [0.2, 0.25) is 0 Å². The van der Waals surface area contributed by atoms with Crippen LogP contribution in [0.5, 0.6) is 0 Å². The van der Waals surface area contributed by atoms with Crippen molar-refractivity contribution in [3.8, 4) is 0 Å². The second kappa shape index (κ2) is 5.69. The first-order chi connectivity index (χ1) is 8.66. The highest BCUT2D eigenvalue weighted by Gasteiger charge is 2.11. The predicted octanol–water partition coefficient (Wildman–Crippen LogP) is 1.38. The number of rotatable bonds is 2. The molecule has 8 heteroatoms. The summed E-state index contributed by atoms with van der Waals surface area (Å²) in [6, 6.07) is 3.22. The highest BCUT2D eigenvalue weighted by Crippen LogP contribution is 2.15. The molecule has 0 atom stereocenters. The summed E-state index contributed by atoms with van der Waals surface area (Å²) in [5.41, 5.74) is 5.14. The molecule has 92 valence electrons. The van der Waals surface area contributed by atoms with Crippen LogP contribution in [0.3, 0.4) is 0 Å². The predicted molar refractivity (Wildman–Crippen MR) is 69.0 cm³/mol. The van der Waals surface area contributed by atoms with Gasteiger partial charge in [0.25, 0.3) is 11.8 Å². The first-order valence-corrected chi connectivity index (χ1v) is 6.46. The van der Waals surface area contributed by atoms with Crippen LogP contribution < -0.4 is 10.9 Å². The number of thiazole rings is 1. The molecule has 0 saturated carbocycles. The highest BCUT2D eigenvalue weighted by atomic mass is 79.9. The van der Waals surface area contributed by atoms with Crippen molar-refractivity contribution in [2.24, 2.45) is 0 Å². The Labute approximate surface area is 115 Å². The van der Waals surface area contributed by atoms with Crippen molar-refractivity contribution in [1.29, 1.82) is 0 Å². The summed E-state index contributed by atoms with van der Waals surface area (Å²) in [6.07, 6.45) is 2.96. The Balaban J connectivity index is 1.92. The van der Waals surface area contributed by atoms with Crippen molar-refractivity contribution >= 4 is 39.1 Å². The van der Waals surface area contributed by atoms with Crippen LogP contribution in [0.25, 0.3) is 0 Å². The van der Waals surface area contributed by atoms with Gasteiger partial charge in [-0.3, -0.25) is 25.4 Å². The number of carbonyl (C=O) groups excluding carboxylic acids is 2. The molecule has 0 aliphatic carbocycles. The van der Waals surface area contributed by atoms with E-state index < -0.39 is 11.8 Å². The first-order valence-electron chi connectivity index (χ1n) is 4.78. The van der Waals surface area contributed by atoms with E-state index in [0.29, 0.717) is 9.48 Å². The van der Waals surface area contributed by atoms with Crippen LogP contribution in [0, 0.1) is 0 Å². The molecule has 0 unspecified atom stereocenters. The quantitative estimate of drug-likeness (QED) is 0.816. The second-order valence-corrected chi connectivity index (χ2v) is 5.27. The Morgan fingerprint density at radius 3 is 2.67 bits per heavy atom. The molecule has 0 saturated heterocycles. The highest BCUT2D eigenvalue weighted by molar-refractivity contribution is 9.11. The van der Waals surface area contributed by atoms with Gasteiger partial charge in [0, 0.05) is 17.8 Å². The number of nitrogens with one attached hydrogen (secondary N) is 2. The van der Waals surface area contributed by atoms with Crippen molar-refractivity contribution in [2.45, 2.75) is 0 Å². The number of carbonyl (C=O) groups is 2. The summed E-state index contributed by atoms with van der Waals surface area (Å²) in [6.45, 7) is 0. The largest absolute Gasteiger partial charge is 0.289 e. The van der Waals surface area contributed by atoms with Gasteiger partial charge in [-0.25, -0.2) is 4.98 Å². The molecule has 2 rings (SSSR count). The van der Waals surface area contributed by atoms with E-state index in [2.05, 4.69) is 36.7 Å². The molecule has 0 aromatic carbocycles. The zero-order valence-electron chi connectivity index (χ0n) is 8.88. The third kappa shape index (κ3) is 3.11. The number of hydrogen-bond donors (Lipinski definition) is 2. The maximum atomic E-state index is 11.6. The van der Waals surface area contributed by atoms with Gasteiger partial charge in [-0.1, -0.05) is 0 Å². The van der Waals surface area contributed by atoms with Crippen LogP contribution in [0.1, 0.15) is 20.8 Å². The average Bonchev–Trinajstić information content (AvgIpc) is 2.83. The molecule has 0 fully saturated rings. The Kier molecular flexibility index (Phi) is 4.00. The molecule has 2 amide bonds. The molecular formula is C10H7BrN4O2S. The van der Waals surface area contributed by atoms with E-state index in [1.807, 2.05) is 0 Å². The lowest BCUT2D eigenvalue weighted by molar-refractivity contribution is 0.0844. The zero-order chi connectivity index (χ0) is 13.0. The van der Waals surface area contributed by atoms with Crippen LogP contribution in [0.4, 0.5) is 0 Å². The summed E-state index contributed by atoms with van der Waals surface area (Å²) in [5.74, 6) is -0.917. The molecule has 0 spiro atoms. The van der Waals surface area contributed by atoms with E-state index in [-0.39, 0.29) is 5.69 Å².